The smallest absolute Gasteiger partial charge is 0.0464 e. The van der Waals surface area contributed by atoms with E-state index in [9.17, 15) is 0 Å². The molecule has 15 heavy (non-hydrogen) atoms. The van der Waals surface area contributed by atoms with Crippen LogP contribution in [0.1, 0.15) is 38.8 Å². The standard InChI is InChI=1S/C13H19NS/c1-13(2,3)15-14-10-9-12(14)11-7-5-4-6-8-11/h4-8,12H,9-10H2,1-3H3. The van der Waals surface area contributed by atoms with Crippen molar-refractivity contribution in [2.24, 2.45) is 0 Å². The van der Waals surface area contributed by atoms with Crippen molar-refractivity contribution in [1.82, 2.24) is 4.31 Å². The summed E-state index contributed by atoms with van der Waals surface area (Å²) >= 11 is 1.98. The van der Waals surface area contributed by atoms with Gasteiger partial charge in [0.1, 0.15) is 0 Å². The van der Waals surface area contributed by atoms with Crippen LogP contribution in [0, 0.1) is 0 Å². The van der Waals surface area contributed by atoms with Crippen molar-refractivity contribution in [3.05, 3.63) is 35.9 Å². The summed E-state index contributed by atoms with van der Waals surface area (Å²) in [6.07, 6.45) is 1.30. The first kappa shape index (κ1) is 11.0. The van der Waals surface area contributed by atoms with E-state index in [1.165, 1.54) is 18.5 Å². The zero-order chi connectivity index (χ0) is 10.9. The molecule has 0 aliphatic carbocycles. The van der Waals surface area contributed by atoms with Crippen LogP contribution in [-0.4, -0.2) is 15.6 Å². The van der Waals surface area contributed by atoms with Crippen LogP contribution in [-0.2, 0) is 0 Å². The number of nitrogens with zero attached hydrogens (tertiary/aromatic N) is 1. The van der Waals surface area contributed by atoms with Crippen LogP contribution in [0.15, 0.2) is 30.3 Å². The Morgan fingerprint density at radius 1 is 1.20 bits per heavy atom. The second kappa shape index (κ2) is 4.18. The van der Waals surface area contributed by atoms with Crippen LogP contribution in [0.4, 0.5) is 0 Å². The zero-order valence-electron chi connectivity index (χ0n) is 9.73. The highest BCUT2D eigenvalue weighted by molar-refractivity contribution is 7.98. The Morgan fingerprint density at radius 2 is 1.87 bits per heavy atom. The SMILES string of the molecule is CC(C)(C)SN1CCC1c1ccccc1. The topological polar surface area (TPSA) is 3.24 Å². The van der Waals surface area contributed by atoms with E-state index >= 15 is 0 Å². The molecule has 1 saturated heterocycles. The summed E-state index contributed by atoms with van der Waals surface area (Å²) in [6, 6.07) is 11.5. The Labute approximate surface area is 97.0 Å². The van der Waals surface area contributed by atoms with E-state index in [1.807, 2.05) is 11.9 Å². The minimum atomic E-state index is 0.327. The summed E-state index contributed by atoms with van der Waals surface area (Å²) in [5.41, 5.74) is 1.46. The van der Waals surface area contributed by atoms with Crippen molar-refractivity contribution in [3.8, 4) is 0 Å². The Morgan fingerprint density at radius 3 is 2.33 bits per heavy atom. The normalized spacial score (nSPS) is 22.5. The molecular weight excluding hydrogens is 202 g/mol. The highest BCUT2D eigenvalue weighted by Crippen LogP contribution is 2.42. The third-order valence-electron chi connectivity index (χ3n) is 2.55. The molecule has 0 aromatic heterocycles. The predicted molar refractivity (Wildman–Crippen MR) is 67.9 cm³/mol. The lowest BCUT2D eigenvalue weighted by Crippen LogP contribution is -2.38. The fourth-order valence-electron chi connectivity index (χ4n) is 1.83. The quantitative estimate of drug-likeness (QED) is 0.697. The summed E-state index contributed by atoms with van der Waals surface area (Å²) in [5.74, 6) is 0. The minimum Gasteiger partial charge on any atom is -0.243 e. The van der Waals surface area contributed by atoms with Gasteiger partial charge in [0, 0.05) is 17.3 Å². The fraction of sp³-hybridized carbons (Fsp3) is 0.538. The van der Waals surface area contributed by atoms with Gasteiger partial charge in [-0.2, -0.15) is 0 Å². The molecule has 1 unspecified atom stereocenters. The molecule has 82 valence electrons. The molecule has 1 aromatic rings. The molecule has 1 fully saturated rings. The van der Waals surface area contributed by atoms with Gasteiger partial charge in [0.2, 0.25) is 0 Å². The van der Waals surface area contributed by atoms with Gasteiger partial charge in [0.05, 0.1) is 0 Å². The Hall–Kier alpha value is -0.470. The summed E-state index contributed by atoms with van der Waals surface area (Å²) < 4.78 is 2.84. The maximum absolute atomic E-state index is 2.51. The average molecular weight is 221 g/mol. The highest BCUT2D eigenvalue weighted by Gasteiger charge is 2.32. The van der Waals surface area contributed by atoms with Crippen LogP contribution < -0.4 is 0 Å². The van der Waals surface area contributed by atoms with Gasteiger partial charge in [-0.1, -0.05) is 42.3 Å². The van der Waals surface area contributed by atoms with E-state index in [1.54, 1.807) is 0 Å². The molecule has 0 radical (unpaired) electrons. The summed E-state index contributed by atoms with van der Waals surface area (Å²) in [4.78, 5) is 0. The third-order valence-corrected chi connectivity index (χ3v) is 3.77. The summed E-state index contributed by atoms with van der Waals surface area (Å²) in [5, 5.41) is 0. The van der Waals surface area contributed by atoms with Crippen molar-refractivity contribution in [1.29, 1.82) is 0 Å². The molecule has 2 rings (SSSR count). The molecule has 0 N–H and O–H groups in total. The number of hydrogen-bond donors (Lipinski definition) is 0. The number of rotatable bonds is 2. The van der Waals surface area contributed by atoms with Gasteiger partial charge in [-0.25, -0.2) is 4.31 Å². The van der Waals surface area contributed by atoms with Gasteiger partial charge in [0.25, 0.3) is 0 Å². The molecule has 1 aliphatic rings. The average Bonchev–Trinajstić information content (AvgIpc) is 2.13. The van der Waals surface area contributed by atoms with Crippen LogP contribution in [0.5, 0.6) is 0 Å². The largest absolute Gasteiger partial charge is 0.243 e. The molecular formula is C13H19NS. The molecule has 1 heterocycles. The zero-order valence-corrected chi connectivity index (χ0v) is 10.6. The molecule has 0 bridgehead atoms. The van der Waals surface area contributed by atoms with Crippen LogP contribution in [0.2, 0.25) is 0 Å². The van der Waals surface area contributed by atoms with Gasteiger partial charge in [-0.15, -0.1) is 0 Å². The minimum absolute atomic E-state index is 0.327. The van der Waals surface area contributed by atoms with Crippen molar-refractivity contribution in [2.75, 3.05) is 6.54 Å². The van der Waals surface area contributed by atoms with Crippen LogP contribution in [0.25, 0.3) is 0 Å². The lowest BCUT2D eigenvalue weighted by molar-refractivity contribution is 0.221. The highest BCUT2D eigenvalue weighted by atomic mass is 32.2. The first-order valence-corrected chi connectivity index (χ1v) is 6.34. The van der Waals surface area contributed by atoms with E-state index in [4.69, 9.17) is 0 Å². The van der Waals surface area contributed by atoms with Crippen molar-refractivity contribution >= 4 is 11.9 Å². The van der Waals surface area contributed by atoms with Gasteiger partial charge in [-0.05, 0) is 32.8 Å². The second-order valence-corrected chi connectivity index (χ2v) is 6.94. The Bertz CT molecular complexity index is 315. The lowest BCUT2D eigenvalue weighted by atomic mass is 9.98. The van der Waals surface area contributed by atoms with E-state index in [2.05, 4.69) is 55.4 Å². The number of hydrogen-bond acceptors (Lipinski definition) is 2. The monoisotopic (exact) mass is 221 g/mol. The van der Waals surface area contributed by atoms with Crippen molar-refractivity contribution in [2.45, 2.75) is 38.0 Å². The molecule has 1 aromatic carbocycles. The van der Waals surface area contributed by atoms with E-state index in [0.29, 0.717) is 10.8 Å². The molecule has 0 amide bonds. The Kier molecular flexibility index (Phi) is 3.08. The molecule has 1 atom stereocenters. The molecule has 1 nitrogen and oxygen atoms in total. The molecule has 0 spiro atoms. The van der Waals surface area contributed by atoms with Gasteiger partial charge in [-0.3, -0.25) is 0 Å². The van der Waals surface area contributed by atoms with Gasteiger partial charge >= 0.3 is 0 Å². The molecule has 0 saturated carbocycles. The van der Waals surface area contributed by atoms with Gasteiger partial charge < -0.3 is 0 Å². The second-order valence-electron chi connectivity index (χ2n) is 5.06. The Balaban J connectivity index is 2.01. The van der Waals surface area contributed by atoms with E-state index in [0.717, 1.165) is 0 Å². The summed E-state index contributed by atoms with van der Waals surface area (Å²) in [7, 11) is 0. The first-order valence-electron chi connectivity index (χ1n) is 5.57. The maximum atomic E-state index is 2.51. The molecule has 1 aliphatic heterocycles. The van der Waals surface area contributed by atoms with Crippen molar-refractivity contribution < 1.29 is 0 Å². The first-order chi connectivity index (χ1) is 7.06. The maximum Gasteiger partial charge on any atom is 0.0464 e. The van der Waals surface area contributed by atoms with Crippen molar-refractivity contribution in [3.63, 3.8) is 0 Å². The lowest BCUT2D eigenvalue weighted by Gasteiger charge is -2.43. The fourth-order valence-corrected chi connectivity index (χ4v) is 3.09. The number of benzene rings is 1. The van der Waals surface area contributed by atoms with E-state index in [-0.39, 0.29) is 0 Å². The van der Waals surface area contributed by atoms with Crippen LogP contribution >= 0.6 is 11.9 Å². The van der Waals surface area contributed by atoms with Crippen LogP contribution in [0.3, 0.4) is 0 Å². The van der Waals surface area contributed by atoms with E-state index < -0.39 is 0 Å². The predicted octanol–water partition coefficient (Wildman–Crippen LogP) is 3.88. The van der Waals surface area contributed by atoms with Gasteiger partial charge in [0.15, 0.2) is 0 Å². The summed E-state index contributed by atoms with van der Waals surface area (Å²) in [6.45, 7) is 8.05. The third kappa shape index (κ3) is 2.76. The molecule has 2 heteroatoms.